The van der Waals surface area contributed by atoms with E-state index in [2.05, 4.69) is 17.4 Å². The SMILES string of the molecule is CC(=O)c1c(C)oc(NC(=O)c2cccc(N3COc4ccc5ccccc5c4C3)c2)c1C(N)=O. The number of hydrogen-bond acceptors (Lipinski definition) is 6. The number of fused-ring (bicyclic) bond motifs is 3. The standard InChI is InChI=1S/C27H23N3O5/c1-15(31)23-16(2)35-27(24(23)25(28)32)29-26(33)18-7-5-8-19(12-18)30-13-21-20-9-4-3-6-17(20)10-11-22(21)34-14-30/h3-12H,13-14H2,1-2H3,(H2,28,32)(H,29,33). The maximum Gasteiger partial charge on any atom is 0.258 e. The molecule has 4 aromatic rings. The molecule has 8 heteroatoms. The number of carbonyl (C=O) groups is 3. The van der Waals surface area contributed by atoms with Gasteiger partial charge in [-0.1, -0.05) is 36.4 Å². The van der Waals surface area contributed by atoms with Crippen molar-refractivity contribution in [1.82, 2.24) is 0 Å². The number of primary amides is 1. The number of Topliss-reactive ketones (excluding diaryl/α,β-unsaturated/α-hetero) is 1. The maximum atomic E-state index is 13.0. The van der Waals surface area contributed by atoms with Crippen molar-refractivity contribution in [3.63, 3.8) is 0 Å². The van der Waals surface area contributed by atoms with E-state index in [1.54, 1.807) is 18.2 Å². The lowest BCUT2D eigenvalue weighted by atomic mass is 10.0. The Hall–Kier alpha value is -4.59. The molecule has 0 radical (unpaired) electrons. The summed E-state index contributed by atoms with van der Waals surface area (Å²) in [6.07, 6.45) is 0. The second-order valence-corrected chi connectivity index (χ2v) is 8.40. The molecule has 0 spiro atoms. The Balaban J connectivity index is 1.42. The van der Waals surface area contributed by atoms with Crippen LogP contribution in [0.3, 0.4) is 0 Å². The van der Waals surface area contributed by atoms with Crippen molar-refractivity contribution in [2.45, 2.75) is 20.4 Å². The maximum absolute atomic E-state index is 13.0. The quantitative estimate of drug-likeness (QED) is 0.411. The van der Waals surface area contributed by atoms with Crippen LogP contribution in [0.4, 0.5) is 11.6 Å². The highest BCUT2D eigenvalue weighted by atomic mass is 16.5. The van der Waals surface area contributed by atoms with Gasteiger partial charge in [-0.2, -0.15) is 0 Å². The molecular weight excluding hydrogens is 446 g/mol. The zero-order chi connectivity index (χ0) is 24.7. The number of benzene rings is 3. The van der Waals surface area contributed by atoms with Crippen LogP contribution in [0.1, 0.15) is 49.3 Å². The van der Waals surface area contributed by atoms with Crippen molar-refractivity contribution in [2.24, 2.45) is 5.73 Å². The van der Waals surface area contributed by atoms with E-state index in [-0.39, 0.29) is 28.6 Å². The van der Waals surface area contributed by atoms with Gasteiger partial charge in [-0.25, -0.2) is 0 Å². The average Bonchev–Trinajstić information content (AvgIpc) is 3.19. The van der Waals surface area contributed by atoms with Gasteiger partial charge in [-0.05, 0) is 48.9 Å². The molecule has 1 aliphatic rings. The van der Waals surface area contributed by atoms with Crippen LogP contribution in [-0.4, -0.2) is 24.3 Å². The minimum Gasteiger partial charge on any atom is -0.473 e. The van der Waals surface area contributed by atoms with Gasteiger partial charge >= 0.3 is 0 Å². The molecule has 0 bridgehead atoms. The molecule has 35 heavy (non-hydrogen) atoms. The summed E-state index contributed by atoms with van der Waals surface area (Å²) in [6, 6.07) is 19.2. The summed E-state index contributed by atoms with van der Waals surface area (Å²) in [5, 5.41) is 4.84. The Labute approximate surface area is 201 Å². The van der Waals surface area contributed by atoms with Crippen molar-refractivity contribution >= 4 is 39.9 Å². The smallest absolute Gasteiger partial charge is 0.258 e. The number of anilines is 2. The predicted molar refractivity (Wildman–Crippen MR) is 132 cm³/mol. The minimum atomic E-state index is -0.854. The van der Waals surface area contributed by atoms with Crippen molar-refractivity contribution in [2.75, 3.05) is 16.9 Å². The van der Waals surface area contributed by atoms with E-state index in [0.29, 0.717) is 18.8 Å². The second-order valence-electron chi connectivity index (χ2n) is 8.40. The van der Waals surface area contributed by atoms with Gasteiger partial charge in [0, 0.05) is 16.8 Å². The molecule has 176 valence electrons. The molecule has 5 rings (SSSR count). The fourth-order valence-corrected chi connectivity index (χ4v) is 4.47. The molecule has 0 fully saturated rings. The lowest BCUT2D eigenvalue weighted by Crippen LogP contribution is -2.32. The zero-order valence-corrected chi connectivity index (χ0v) is 19.3. The normalized spacial score (nSPS) is 12.7. The van der Waals surface area contributed by atoms with Crippen LogP contribution in [0.15, 0.2) is 65.1 Å². The molecule has 3 N–H and O–H groups in total. The number of nitrogens with one attached hydrogen (secondary N) is 1. The molecule has 0 saturated heterocycles. The van der Waals surface area contributed by atoms with Crippen molar-refractivity contribution in [3.05, 3.63) is 88.7 Å². The van der Waals surface area contributed by atoms with Crippen LogP contribution in [0.5, 0.6) is 5.75 Å². The third kappa shape index (κ3) is 3.99. The molecule has 1 aliphatic heterocycles. The topological polar surface area (TPSA) is 115 Å². The number of nitrogens with zero attached hydrogens (tertiary/aromatic N) is 1. The van der Waals surface area contributed by atoms with Gasteiger partial charge in [-0.15, -0.1) is 0 Å². The van der Waals surface area contributed by atoms with Gasteiger partial charge < -0.3 is 19.8 Å². The second kappa shape index (κ2) is 8.64. The molecule has 2 heterocycles. The lowest BCUT2D eigenvalue weighted by molar-refractivity contribution is 0.0974. The number of furan rings is 1. The summed E-state index contributed by atoms with van der Waals surface area (Å²) in [7, 11) is 0. The average molecular weight is 469 g/mol. The van der Waals surface area contributed by atoms with Crippen LogP contribution in [0.2, 0.25) is 0 Å². The molecule has 0 saturated carbocycles. The van der Waals surface area contributed by atoms with Crippen LogP contribution in [0.25, 0.3) is 10.8 Å². The van der Waals surface area contributed by atoms with Crippen molar-refractivity contribution in [3.8, 4) is 5.75 Å². The molecule has 2 amide bonds. The van der Waals surface area contributed by atoms with Crippen molar-refractivity contribution < 1.29 is 23.5 Å². The number of carbonyl (C=O) groups excluding carboxylic acids is 3. The molecule has 0 aliphatic carbocycles. The first-order chi connectivity index (χ1) is 16.8. The highest BCUT2D eigenvalue weighted by molar-refractivity contribution is 6.13. The molecule has 1 aromatic heterocycles. The van der Waals surface area contributed by atoms with Gasteiger partial charge in [0.2, 0.25) is 5.88 Å². The van der Waals surface area contributed by atoms with Crippen LogP contribution < -0.4 is 20.7 Å². The lowest BCUT2D eigenvalue weighted by Gasteiger charge is -2.31. The summed E-state index contributed by atoms with van der Waals surface area (Å²) < 4.78 is 11.5. The van der Waals surface area contributed by atoms with Crippen LogP contribution >= 0.6 is 0 Å². The highest BCUT2D eigenvalue weighted by Crippen LogP contribution is 2.34. The first kappa shape index (κ1) is 22.2. The van der Waals surface area contributed by atoms with Gasteiger partial charge in [0.05, 0.1) is 12.1 Å². The summed E-state index contributed by atoms with van der Waals surface area (Å²) >= 11 is 0. The van der Waals surface area contributed by atoms with Gasteiger partial charge in [-0.3, -0.25) is 19.7 Å². The largest absolute Gasteiger partial charge is 0.473 e. The summed E-state index contributed by atoms with van der Waals surface area (Å²) in [4.78, 5) is 39.0. The van der Waals surface area contributed by atoms with E-state index in [0.717, 1.165) is 27.8 Å². The number of nitrogens with two attached hydrogens (primary N) is 1. The highest BCUT2D eigenvalue weighted by Gasteiger charge is 2.27. The Morgan fingerprint density at radius 2 is 1.80 bits per heavy atom. The minimum absolute atomic E-state index is 0.0675. The van der Waals surface area contributed by atoms with E-state index >= 15 is 0 Å². The van der Waals surface area contributed by atoms with Crippen molar-refractivity contribution in [1.29, 1.82) is 0 Å². The van der Waals surface area contributed by atoms with E-state index in [1.165, 1.54) is 13.8 Å². The van der Waals surface area contributed by atoms with Gasteiger partial charge in [0.15, 0.2) is 12.5 Å². The van der Waals surface area contributed by atoms with Crippen LogP contribution in [0, 0.1) is 6.92 Å². The fraction of sp³-hybridized carbons (Fsp3) is 0.148. The number of hydrogen-bond donors (Lipinski definition) is 2. The fourth-order valence-electron chi connectivity index (χ4n) is 4.47. The van der Waals surface area contributed by atoms with Crippen LogP contribution in [-0.2, 0) is 6.54 Å². The summed E-state index contributed by atoms with van der Waals surface area (Å²) in [5.41, 5.74) is 7.62. The molecular formula is C27H23N3O5. The molecule has 3 aromatic carbocycles. The summed E-state index contributed by atoms with van der Waals surface area (Å²) in [6.45, 7) is 3.80. The number of ketones is 1. The first-order valence-corrected chi connectivity index (χ1v) is 11.1. The number of ether oxygens (including phenoxy) is 1. The monoisotopic (exact) mass is 469 g/mol. The van der Waals surface area contributed by atoms with E-state index in [1.807, 2.05) is 35.2 Å². The van der Waals surface area contributed by atoms with Gasteiger partial charge in [0.25, 0.3) is 11.8 Å². The molecule has 0 atom stereocenters. The Bertz CT molecular complexity index is 1500. The third-order valence-corrected chi connectivity index (χ3v) is 6.11. The molecule has 0 unspecified atom stereocenters. The number of amides is 2. The first-order valence-electron chi connectivity index (χ1n) is 11.1. The van der Waals surface area contributed by atoms with E-state index in [9.17, 15) is 14.4 Å². The van der Waals surface area contributed by atoms with E-state index in [4.69, 9.17) is 14.9 Å². The van der Waals surface area contributed by atoms with Gasteiger partial charge in [0.1, 0.15) is 17.1 Å². The Morgan fingerprint density at radius 3 is 2.57 bits per heavy atom. The van der Waals surface area contributed by atoms with E-state index < -0.39 is 11.8 Å². The molecule has 8 nitrogen and oxygen atoms in total. The summed E-state index contributed by atoms with van der Waals surface area (Å²) in [5.74, 6) is -0.804. The number of rotatable bonds is 5. The number of aryl methyl sites for hydroxylation is 1. The Kier molecular flexibility index (Phi) is 5.49. The predicted octanol–water partition coefficient (Wildman–Crippen LogP) is 4.65. The Morgan fingerprint density at radius 1 is 1.00 bits per heavy atom. The third-order valence-electron chi connectivity index (χ3n) is 6.11. The zero-order valence-electron chi connectivity index (χ0n) is 19.3.